The van der Waals surface area contributed by atoms with Gasteiger partial charge in [0.05, 0.1) is 13.1 Å². The van der Waals surface area contributed by atoms with E-state index in [1.165, 1.54) is 0 Å². The standard InChI is InChI=1S/C15H25N3O3/c1-16(13-5-2-3-6-13)14(19)11-17-7-4-8-18(10-9-17)12-15(20)21/h5H,2-4,6-12H2,1H3,(H,20,21). The molecule has 6 nitrogen and oxygen atoms in total. The zero-order chi connectivity index (χ0) is 15.2. The number of rotatable bonds is 5. The molecule has 21 heavy (non-hydrogen) atoms. The molecule has 0 saturated carbocycles. The number of aliphatic carboxylic acids is 1. The van der Waals surface area contributed by atoms with E-state index in [0.717, 1.165) is 51.0 Å². The molecular formula is C15H25N3O3. The topological polar surface area (TPSA) is 64.1 Å². The predicted octanol–water partition coefficient (Wildman–Crippen LogP) is 0.605. The van der Waals surface area contributed by atoms with E-state index in [9.17, 15) is 9.59 Å². The maximum atomic E-state index is 12.3. The Labute approximate surface area is 126 Å². The number of allylic oxidation sites excluding steroid dienone is 2. The number of hydrogen-bond acceptors (Lipinski definition) is 4. The molecule has 0 bridgehead atoms. The van der Waals surface area contributed by atoms with Crippen molar-refractivity contribution < 1.29 is 14.7 Å². The zero-order valence-electron chi connectivity index (χ0n) is 12.8. The third kappa shape index (κ3) is 4.82. The van der Waals surface area contributed by atoms with Crippen LogP contribution in [0.2, 0.25) is 0 Å². The first-order valence-corrected chi connectivity index (χ1v) is 7.68. The molecular weight excluding hydrogens is 270 g/mol. The van der Waals surface area contributed by atoms with Gasteiger partial charge in [-0.05, 0) is 32.2 Å². The minimum atomic E-state index is -0.785. The Morgan fingerprint density at radius 2 is 1.81 bits per heavy atom. The summed E-state index contributed by atoms with van der Waals surface area (Å²) < 4.78 is 0. The lowest BCUT2D eigenvalue weighted by molar-refractivity contribution is -0.138. The third-order valence-corrected chi connectivity index (χ3v) is 4.22. The summed E-state index contributed by atoms with van der Waals surface area (Å²) >= 11 is 0. The smallest absolute Gasteiger partial charge is 0.317 e. The summed E-state index contributed by atoms with van der Waals surface area (Å²) in [5.74, 6) is -0.651. The van der Waals surface area contributed by atoms with Gasteiger partial charge in [-0.3, -0.25) is 19.4 Å². The van der Waals surface area contributed by atoms with Gasteiger partial charge in [-0.2, -0.15) is 0 Å². The SMILES string of the molecule is CN(C(=O)CN1CCCN(CC(=O)O)CC1)C1=CCCC1. The van der Waals surface area contributed by atoms with Gasteiger partial charge in [-0.15, -0.1) is 0 Å². The highest BCUT2D eigenvalue weighted by atomic mass is 16.4. The number of carbonyl (C=O) groups is 2. The van der Waals surface area contributed by atoms with Crippen LogP contribution in [0.5, 0.6) is 0 Å². The third-order valence-electron chi connectivity index (χ3n) is 4.22. The van der Waals surface area contributed by atoms with Gasteiger partial charge in [0.25, 0.3) is 0 Å². The predicted molar refractivity (Wildman–Crippen MR) is 79.8 cm³/mol. The van der Waals surface area contributed by atoms with Crippen LogP contribution in [0.3, 0.4) is 0 Å². The molecule has 0 atom stereocenters. The summed E-state index contributed by atoms with van der Waals surface area (Å²) in [6.45, 7) is 3.63. The number of carbonyl (C=O) groups excluding carboxylic acids is 1. The quantitative estimate of drug-likeness (QED) is 0.805. The summed E-state index contributed by atoms with van der Waals surface area (Å²) in [6.07, 6.45) is 6.26. The Morgan fingerprint density at radius 1 is 1.14 bits per heavy atom. The van der Waals surface area contributed by atoms with Gasteiger partial charge in [-0.1, -0.05) is 6.08 Å². The molecule has 1 N–H and O–H groups in total. The fraction of sp³-hybridized carbons (Fsp3) is 0.733. The van der Waals surface area contributed by atoms with Crippen LogP contribution in [0.15, 0.2) is 11.8 Å². The minimum Gasteiger partial charge on any atom is -0.480 e. The van der Waals surface area contributed by atoms with E-state index in [1.54, 1.807) is 4.90 Å². The van der Waals surface area contributed by atoms with Crippen molar-refractivity contribution in [1.82, 2.24) is 14.7 Å². The molecule has 1 saturated heterocycles. The highest BCUT2D eigenvalue weighted by Gasteiger charge is 2.21. The van der Waals surface area contributed by atoms with Crippen molar-refractivity contribution in [2.75, 3.05) is 46.3 Å². The molecule has 0 aromatic rings. The highest BCUT2D eigenvalue weighted by Crippen LogP contribution is 2.20. The second-order valence-corrected chi connectivity index (χ2v) is 5.84. The van der Waals surface area contributed by atoms with E-state index in [-0.39, 0.29) is 12.5 Å². The lowest BCUT2D eigenvalue weighted by Gasteiger charge is -2.24. The second-order valence-electron chi connectivity index (χ2n) is 5.84. The van der Waals surface area contributed by atoms with Gasteiger partial charge >= 0.3 is 5.97 Å². The van der Waals surface area contributed by atoms with Crippen LogP contribution in [0, 0.1) is 0 Å². The van der Waals surface area contributed by atoms with E-state index >= 15 is 0 Å². The summed E-state index contributed by atoms with van der Waals surface area (Å²) in [4.78, 5) is 28.9. The molecule has 2 rings (SSSR count). The van der Waals surface area contributed by atoms with Crippen molar-refractivity contribution in [3.8, 4) is 0 Å². The molecule has 1 fully saturated rings. The molecule has 6 heteroatoms. The van der Waals surface area contributed by atoms with Gasteiger partial charge in [-0.25, -0.2) is 0 Å². The van der Waals surface area contributed by atoms with Crippen molar-refractivity contribution in [3.05, 3.63) is 11.8 Å². The van der Waals surface area contributed by atoms with E-state index in [0.29, 0.717) is 13.1 Å². The number of carboxylic acids is 1. The van der Waals surface area contributed by atoms with Crippen molar-refractivity contribution in [2.24, 2.45) is 0 Å². The van der Waals surface area contributed by atoms with Crippen LogP contribution >= 0.6 is 0 Å². The largest absolute Gasteiger partial charge is 0.480 e. The van der Waals surface area contributed by atoms with Crippen LogP contribution in [0.4, 0.5) is 0 Å². The Kier molecular flexibility index (Phi) is 5.76. The van der Waals surface area contributed by atoms with E-state index < -0.39 is 5.97 Å². The van der Waals surface area contributed by atoms with E-state index in [4.69, 9.17) is 5.11 Å². The van der Waals surface area contributed by atoms with Crippen molar-refractivity contribution in [3.63, 3.8) is 0 Å². The molecule has 1 aliphatic heterocycles. The Bertz CT molecular complexity index is 422. The lowest BCUT2D eigenvalue weighted by Crippen LogP contribution is -2.40. The summed E-state index contributed by atoms with van der Waals surface area (Å²) in [7, 11) is 1.86. The Morgan fingerprint density at radius 3 is 2.38 bits per heavy atom. The maximum Gasteiger partial charge on any atom is 0.317 e. The van der Waals surface area contributed by atoms with Crippen molar-refractivity contribution in [2.45, 2.75) is 25.7 Å². The molecule has 1 amide bonds. The van der Waals surface area contributed by atoms with Gasteiger partial charge in [0.1, 0.15) is 0 Å². The monoisotopic (exact) mass is 295 g/mol. The molecule has 0 unspecified atom stereocenters. The summed E-state index contributed by atoms with van der Waals surface area (Å²) in [5, 5.41) is 8.84. The highest BCUT2D eigenvalue weighted by molar-refractivity contribution is 5.79. The average Bonchev–Trinajstić information content (AvgIpc) is 2.88. The Hall–Kier alpha value is -1.40. The average molecular weight is 295 g/mol. The van der Waals surface area contributed by atoms with E-state index in [1.807, 2.05) is 11.9 Å². The normalized spacial score (nSPS) is 20.9. The molecule has 118 valence electrons. The van der Waals surface area contributed by atoms with E-state index in [2.05, 4.69) is 11.0 Å². The van der Waals surface area contributed by atoms with Gasteiger partial charge in [0, 0.05) is 32.4 Å². The number of hydrogen-bond donors (Lipinski definition) is 1. The van der Waals surface area contributed by atoms with Crippen LogP contribution in [0.25, 0.3) is 0 Å². The van der Waals surface area contributed by atoms with Gasteiger partial charge < -0.3 is 10.0 Å². The molecule has 2 aliphatic rings. The maximum absolute atomic E-state index is 12.3. The molecule has 0 aromatic carbocycles. The number of amides is 1. The zero-order valence-corrected chi connectivity index (χ0v) is 12.8. The fourth-order valence-electron chi connectivity index (χ4n) is 2.95. The molecule has 0 aromatic heterocycles. The molecule has 0 radical (unpaired) electrons. The first kappa shape index (κ1) is 16.0. The lowest BCUT2D eigenvalue weighted by atomic mass is 10.3. The van der Waals surface area contributed by atoms with Crippen LogP contribution in [0.1, 0.15) is 25.7 Å². The number of likely N-dealkylation sites (N-methyl/N-ethyl adjacent to an activating group) is 1. The fourth-order valence-corrected chi connectivity index (χ4v) is 2.95. The second kappa shape index (κ2) is 7.56. The first-order valence-electron chi connectivity index (χ1n) is 7.68. The molecule has 1 heterocycles. The van der Waals surface area contributed by atoms with Crippen LogP contribution in [-0.2, 0) is 9.59 Å². The van der Waals surface area contributed by atoms with Gasteiger partial charge in [0.15, 0.2) is 0 Å². The van der Waals surface area contributed by atoms with Crippen LogP contribution in [-0.4, -0.2) is 78.0 Å². The number of carboxylic acid groups (broad SMARTS) is 1. The van der Waals surface area contributed by atoms with Crippen molar-refractivity contribution in [1.29, 1.82) is 0 Å². The molecule has 1 aliphatic carbocycles. The number of nitrogens with zero attached hydrogens (tertiary/aromatic N) is 3. The first-order chi connectivity index (χ1) is 10.1. The Balaban J connectivity index is 1.80. The summed E-state index contributed by atoms with van der Waals surface area (Å²) in [5.41, 5.74) is 1.14. The summed E-state index contributed by atoms with van der Waals surface area (Å²) in [6, 6.07) is 0. The van der Waals surface area contributed by atoms with Crippen molar-refractivity contribution >= 4 is 11.9 Å². The van der Waals surface area contributed by atoms with Gasteiger partial charge in [0.2, 0.25) is 5.91 Å². The van der Waals surface area contributed by atoms with Crippen LogP contribution < -0.4 is 0 Å². The molecule has 0 spiro atoms. The minimum absolute atomic E-state index is 0.0918.